The van der Waals surface area contributed by atoms with E-state index in [1.54, 1.807) is 12.3 Å². The summed E-state index contributed by atoms with van der Waals surface area (Å²) in [4.78, 5) is 16.5. The van der Waals surface area contributed by atoms with Crippen LogP contribution >= 0.6 is 0 Å². The van der Waals surface area contributed by atoms with Gasteiger partial charge in [0.1, 0.15) is 0 Å². The molecule has 1 fully saturated rings. The van der Waals surface area contributed by atoms with Crippen molar-refractivity contribution in [3.8, 4) is 0 Å². The molecule has 3 N–H and O–H groups in total. The van der Waals surface area contributed by atoms with Crippen LogP contribution in [-0.4, -0.2) is 23.0 Å². The Kier molecular flexibility index (Phi) is 4.20. The number of carbonyl (C=O) groups excluding carboxylic acids is 1. The predicted octanol–water partition coefficient (Wildman–Crippen LogP) is 2.03. The number of amides is 1. The number of pyridine rings is 1. The van der Waals surface area contributed by atoms with Gasteiger partial charge in [-0.2, -0.15) is 0 Å². The molecule has 4 nitrogen and oxygen atoms in total. The summed E-state index contributed by atoms with van der Waals surface area (Å²) >= 11 is 0. The molecule has 1 aliphatic carbocycles. The Balaban J connectivity index is 2.12. The Bertz CT molecular complexity index is 460. The van der Waals surface area contributed by atoms with Crippen LogP contribution in [-0.2, 0) is 0 Å². The van der Waals surface area contributed by atoms with Crippen molar-refractivity contribution in [2.75, 3.05) is 6.54 Å². The quantitative estimate of drug-likeness (QED) is 0.874. The van der Waals surface area contributed by atoms with E-state index < -0.39 is 0 Å². The standard InChI is InChI=1S/C15H23N3O/c1-11-4-3-6-15(9-11,10-16)18-14(19)13-5-7-17-12(2)8-13/h5,7-8,11H,3-4,6,9-10,16H2,1-2H3,(H,18,19). The molecule has 1 saturated carbocycles. The van der Waals surface area contributed by atoms with E-state index in [2.05, 4.69) is 17.2 Å². The average molecular weight is 261 g/mol. The van der Waals surface area contributed by atoms with Crippen LogP contribution in [0.15, 0.2) is 18.3 Å². The second-order valence-electron chi connectivity index (χ2n) is 5.83. The van der Waals surface area contributed by atoms with Crippen molar-refractivity contribution in [2.24, 2.45) is 11.7 Å². The van der Waals surface area contributed by atoms with E-state index >= 15 is 0 Å². The molecule has 2 unspecified atom stereocenters. The lowest BCUT2D eigenvalue weighted by molar-refractivity contribution is 0.0853. The fraction of sp³-hybridized carbons (Fsp3) is 0.600. The highest BCUT2D eigenvalue weighted by molar-refractivity contribution is 5.94. The Morgan fingerprint density at radius 1 is 1.63 bits per heavy atom. The van der Waals surface area contributed by atoms with Gasteiger partial charge in [0.2, 0.25) is 0 Å². The summed E-state index contributed by atoms with van der Waals surface area (Å²) in [5, 5.41) is 3.16. The molecule has 2 atom stereocenters. The number of hydrogen-bond acceptors (Lipinski definition) is 3. The molecule has 1 aliphatic rings. The first-order valence-electron chi connectivity index (χ1n) is 7.00. The second-order valence-corrected chi connectivity index (χ2v) is 5.83. The predicted molar refractivity (Wildman–Crippen MR) is 75.9 cm³/mol. The van der Waals surface area contributed by atoms with Gasteiger partial charge in [-0.25, -0.2) is 0 Å². The van der Waals surface area contributed by atoms with Crippen molar-refractivity contribution in [1.29, 1.82) is 0 Å². The molecule has 104 valence electrons. The van der Waals surface area contributed by atoms with Crippen LogP contribution in [0, 0.1) is 12.8 Å². The molecule has 1 aromatic rings. The fourth-order valence-electron chi connectivity index (χ4n) is 3.01. The van der Waals surface area contributed by atoms with Crippen molar-refractivity contribution >= 4 is 5.91 Å². The number of aryl methyl sites for hydroxylation is 1. The van der Waals surface area contributed by atoms with Crippen LogP contribution in [0.5, 0.6) is 0 Å². The summed E-state index contributed by atoms with van der Waals surface area (Å²) < 4.78 is 0. The van der Waals surface area contributed by atoms with Crippen molar-refractivity contribution < 1.29 is 4.79 Å². The van der Waals surface area contributed by atoms with Crippen LogP contribution in [0.4, 0.5) is 0 Å². The van der Waals surface area contributed by atoms with E-state index in [1.165, 1.54) is 6.42 Å². The van der Waals surface area contributed by atoms with E-state index in [1.807, 2.05) is 13.0 Å². The van der Waals surface area contributed by atoms with Crippen molar-refractivity contribution in [3.05, 3.63) is 29.6 Å². The zero-order valence-electron chi connectivity index (χ0n) is 11.8. The van der Waals surface area contributed by atoms with Gasteiger partial charge < -0.3 is 11.1 Å². The fourth-order valence-corrected chi connectivity index (χ4v) is 3.01. The van der Waals surface area contributed by atoms with Gasteiger partial charge in [0.25, 0.3) is 5.91 Å². The van der Waals surface area contributed by atoms with E-state index in [4.69, 9.17) is 5.73 Å². The first-order valence-corrected chi connectivity index (χ1v) is 7.00. The molecule has 0 aliphatic heterocycles. The molecule has 1 amide bonds. The largest absolute Gasteiger partial charge is 0.345 e. The summed E-state index contributed by atoms with van der Waals surface area (Å²) in [6.07, 6.45) is 5.98. The summed E-state index contributed by atoms with van der Waals surface area (Å²) in [6.45, 7) is 4.62. The maximum atomic E-state index is 12.3. The monoisotopic (exact) mass is 261 g/mol. The van der Waals surface area contributed by atoms with Crippen LogP contribution < -0.4 is 11.1 Å². The molecule has 19 heavy (non-hydrogen) atoms. The molecule has 0 aromatic carbocycles. The Morgan fingerprint density at radius 3 is 3.05 bits per heavy atom. The normalized spacial score (nSPS) is 27.0. The number of hydrogen-bond donors (Lipinski definition) is 2. The summed E-state index contributed by atoms with van der Waals surface area (Å²) in [5.74, 6) is 0.585. The third-order valence-electron chi connectivity index (χ3n) is 4.02. The Labute approximate surface area is 114 Å². The average Bonchev–Trinajstić information content (AvgIpc) is 2.38. The lowest BCUT2D eigenvalue weighted by Gasteiger charge is -2.40. The topological polar surface area (TPSA) is 68.0 Å². The van der Waals surface area contributed by atoms with Gasteiger partial charge in [0.05, 0.1) is 5.54 Å². The summed E-state index contributed by atoms with van der Waals surface area (Å²) in [6, 6.07) is 3.56. The molecule has 1 aromatic heterocycles. The molecule has 4 heteroatoms. The first kappa shape index (κ1) is 14.0. The van der Waals surface area contributed by atoms with Crippen LogP contribution in [0.1, 0.15) is 48.7 Å². The third-order valence-corrected chi connectivity index (χ3v) is 4.02. The molecule has 0 bridgehead atoms. The van der Waals surface area contributed by atoms with Crippen molar-refractivity contribution in [3.63, 3.8) is 0 Å². The van der Waals surface area contributed by atoms with Gasteiger partial charge in [0.15, 0.2) is 0 Å². The Morgan fingerprint density at radius 2 is 2.42 bits per heavy atom. The van der Waals surface area contributed by atoms with Gasteiger partial charge >= 0.3 is 0 Å². The summed E-state index contributed by atoms with van der Waals surface area (Å²) in [7, 11) is 0. The molecule has 0 spiro atoms. The van der Waals surface area contributed by atoms with E-state index in [-0.39, 0.29) is 11.4 Å². The van der Waals surface area contributed by atoms with Gasteiger partial charge in [-0.15, -0.1) is 0 Å². The van der Waals surface area contributed by atoms with Crippen LogP contribution in [0.25, 0.3) is 0 Å². The Hall–Kier alpha value is -1.42. The van der Waals surface area contributed by atoms with Crippen LogP contribution in [0.3, 0.4) is 0 Å². The zero-order valence-corrected chi connectivity index (χ0v) is 11.8. The number of nitrogens with one attached hydrogen (secondary N) is 1. The first-order chi connectivity index (χ1) is 9.04. The number of carbonyl (C=O) groups is 1. The van der Waals surface area contributed by atoms with Gasteiger partial charge in [-0.05, 0) is 37.8 Å². The van der Waals surface area contributed by atoms with E-state index in [0.29, 0.717) is 18.0 Å². The highest BCUT2D eigenvalue weighted by Gasteiger charge is 2.35. The number of aromatic nitrogens is 1. The highest BCUT2D eigenvalue weighted by Crippen LogP contribution is 2.31. The summed E-state index contributed by atoms with van der Waals surface area (Å²) in [5.41, 5.74) is 7.22. The van der Waals surface area contributed by atoms with E-state index in [9.17, 15) is 4.79 Å². The molecular weight excluding hydrogens is 238 g/mol. The zero-order chi connectivity index (χ0) is 13.9. The smallest absolute Gasteiger partial charge is 0.251 e. The number of rotatable bonds is 3. The van der Waals surface area contributed by atoms with E-state index in [0.717, 1.165) is 25.0 Å². The SMILES string of the molecule is Cc1cc(C(=O)NC2(CN)CCCC(C)C2)ccn1. The maximum absolute atomic E-state index is 12.3. The minimum atomic E-state index is -0.230. The van der Waals surface area contributed by atoms with Crippen molar-refractivity contribution in [1.82, 2.24) is 10.3 Å². The van der Waals surface area contributed by atoms with Gasteiger partial charge in [-0.3, -0.25) is 9.78 Å². The van der Waals surface area contributed by atoms with Crippen LogP contribution in [0.2, 0.25) is 0 Å². The molecule has 0 radical (unpaired) electrons. The molecule has 2 rings (SSSR count). The van der Waals surface area contributed by atoms with Crippen molar-refractivity contribution in [2.45, 2.75) is 45.1 Å². The minimum Gasteiger partial charge on any atom is -0.345 e. The molecule has 1 heterocycles. The lowest BCUT2D eigenvalue weighted by Crippen LogP contribution is -2.56. The third kappa shape index (κ3) is 3.32. The highest BCUT2D eigenvalue weighted by atomic mass is 16.1. The number of nitrogens with two attached hydrogens (primary N) is 1. The van der Waals surface area contributed by atoms with Gasteiger partial charge in [-0.1, -0.05) is 19.8 Å². The molecular formula is C15H23N3O. The lowest BCUT2D eigenvalue weighted by atomic mass is 9.76. The minimum absolute atomic E-state index is 0.0370. The number of nitrogens with zero attached hydrogens (tertiary/aromatic N) is 1. The van der Waals surface area contributed by atoms with Gasteiger partial charge in [0, 0.05) is 24.0 Å². The second kappa shape index (κ2) is 5.70. The maximum Gasteiger partial charge on any atom is 0.251 e. The molecule has 0 saturated heterocycles.